The van der Waals surface area contributed by atoms with Crippen molar-refractivity contribution < 1.29 is 19.0 Å². The number of carbonyl (C=O) groups is 1. The Balaban J connectivity index is 1.51. The maximum Gasteiger partial charge on any atom is 0.341 e. The predicted octanol–water partition coefficient (Wildman–Crippen LogP) is 5.05. The molecule has 1 aromatic heterocycles. The van der Waals surface area contributed by atoms with Crippen LogP contribution in [0.4, 0.5) is 10.1 Å². The highest BCUT2D eigenvalue weighted by atomic mass is 19.1. The second-order valence-electron chi connectivity index (χ2n) is 9.90. The van der Waals surface area contributed by atoms with Crippen LogP contribution in [0, 0.1) is 5.82 Å². The molecule has 1 aliphatic carbocycles. The van der Waals surface area contributed by atoms with Gasteiger partial charge in [0, 0.05) is 38.4 Å². The molecule has 7 nitrogen and oxygen atoms in total. The molecule has 0 atom stereocenters. The van der Waals surface area contributed by atoms with E-state index in [4.69, 9.17) is 4.74 Å². The molecule has 0 unspecified atom stereocenters. The average molecular weight is 488 g/mol. The molecule has 1 saturated heterocycles. The van der Waals surface area contributed by atoms with Crippen LogP contribution in [0.25, 0.3) is 10.9 Å². The van der Waals surface area contributed by atoms with E-state index >= 15 is 4.39 Å². The molecular formula is C27H38FN3O4. The Labute approximate surface area is 206 Å². The van der Waals surface area contributed by atoms with E-state index in [9.17, 15) is 14.7 Å². The van der Waals surface area contributed by atoms with Crippen molar-refractivity contribution in [1.82, 2.24) is 9.47 Å². The summed E-state index contributed by atoms with van der Waals surface area (Å²) in [7, 11) is 1.49. The lowest BCUT2D eigenvalue weighted by Crippen LogP contribution is -2.47. The summed E-state index contributed by atoms with van der Waals surface area (Å²) in [6.45, 7) is 6.36. The summed E-state index contributed by atoms with van der Waals surface area (Å²) in [5, 5.41) is 9.57. The van der Waals surface area contributed by atoms with Crippen molar-refractivity contribution in [3.05, 3.63) is 33.9 Å². The van der Waals surface area contributed by atoms with Gasteiger partial charge in [0.1, 0.15) is 11.3 Å². The second-order valence-corrected chi connectivity index (χ2v) is 9.90. The first-order chi connectivity index (χ1) is 17.0. The number of halogens is 1. The molecule has 1 aliphatic heterocycles. The lowest BCUT2D eigenvalue weighted by Gasteiger charge is -2.37. The fourth-order valence-electron chi connectivity index (χ4n) is 5.21. The van der Waals surface area contributed by atoms with Gasteiger partial charge in [0.15, 0.2) is 11.6 Å². The van der Waals surface area contributed by atoms with E-state index in [1.54, 1.807) is 4.57 Å². The number of pyridine rings is 1. The van der Waals surface area contributed by atoms with Crippen LogP contribution in [0.2, 0.25) is 0 Å². The Kier molecular flexibility index (Phi) is 8.31. The van der Waals surface area contributed by atoms with Gasteiger partial charge in [-0.3, -0.25) is 9.69 Å². The van der Waals surface area contributed by atoms with Gasteiger partial charge in [-0.25, -0.2) is 9.18 Å². The number of fused-ring (bicyclic) bond motifs is 1. The molecule has 35 heavy (non-hydrogen) atoms. The van der Waals surface area contributed by atoms with Crippen molar-refractivity contribution in [3.8, 4) is 5.75 Å². The summed E-state index contributed by atoms with van der Waals surface area (Å²) >= 11 is 0. The Bertz CT molecular complexity index is 1100. The Morgan fingerprint density at radius 2 is 1.74 bits per heavy atom. The van der Waals surface area contributed by atoms with E-state index in [1.165, 1.54) is 64.3 Å². The fourth-order valence-corrected chi connectivity index (χ4v) is 5.21. The summed E-state index contributed by atoms with van der Waals surface area (Å²) < 4.78 is 23.0. The van der Waals surface area contributed by atoms with Crippen molar-refractivity contribution in [3.63, 3.8) is 0 Å². The summed E-state index contributed by atoms with van der Waals surface area (Å²) in [4.78, 5) is 29.0. The molecule has 1 N–H and O–H groups in total. The van der Waals surface area contributed by atoms with Gasteiger partial charge in [0.2, 0.25) is 5.43 Å². The zero-order chi connectivity index (χ0) is 24.9. The third kappa shape index (κ3) is 5.63. The zero-order valence-corrected chi connectivity index (χ0v) is 21.0. The Morgan fingerprint density at radius 3 is 2.34 bits per heavy atom. The third-order valence-electron chi connectivity index (χ3n) is 7.34. The number of aromatic carboxylic acids is 1. The van der Waals surface area contributed by atoms with Crippen LogP contribution in [0.15, 0.2) is 17.1 Å². The number of anilines is 1. The van der Waals surface area contributed by atoms with Gasteiger partial charge < -0.3 is 19.3 Å². The van der Waals surface area contributed by atoms with Crippen LogP contribution in [-0.4, -0.2) is 60.4 Å². The Morgan fingerprint density at radius 1 is 1.09 bits per heavy atom. The number of hydrogen-bond donors (Lipinski definition) is 1. The lowest BCUT2D eigenvalue weighted by molar-refractivity contribution is 0.0694. The normalized spacial score (nSPS) is 16.7. The quantitative estimate of drug-likeness (QED) is 0.422. The smallest absolute Gasteiger partial charge is 0.341 e. The lowest BCUT2D eigenvalue weighted by atomic mass is 10.1. The molecule has 0 radical (unpaired) electrons. The number of nitrogens with zero attached hydrogens (tertiary/aromatic N) is 3. The molecule has 2 fully saturated rings. The van der Waals surface area contributed by atoms with Crippen molar-refractivity contribution >= 4 is 22.6 Å². The third-order valence-corrected chi connectivity index (χ3v) is 7.34. The molecule has 4 rings (SSSR count). The van der Waals surface area contributed by atoms with Gasteiger partial charge in [-0.1, -0.05) is 45.4 Å². The molecule has 8 heteroatoms. The monoisotopic (exact) mass is 487 g/mol. The minimum absolute atomic E-state index is 0.0625. The maximum absolute atomic E-state index is 15.5. The number of aromatic nitrogens is 1. The van der Waals surface area contributed by atoms with Crippen molar-refractivity contribution in [1.29, 1.82) is 0 Å². The molecular weight excluding hydrogens is 449 g/mol. The fraction of sp³-hybridized carbons (Fsp3) is 0.630. The molecule has 0 bridgehead atoms. The average Bonchev–Trinajstić information content (AvgIpc) is 3.69. The van der Waals surface area contributed by atoms with Gasteiger partial charge in [0.05, 0.1) is 18.0 Å². The summed E-state index contributed by atoms with van der Waals surface area (Å²) in [5.74, 6) is -1.52. The van der Waals surface area contributed by atoms with E-state index in [0.29, 0.717) is 30.0 Å². The number of carboxylic acids is 1. The van der Waals surface area contributed by atoms with Crippen LogP contribution in [0.3, 0.4) is 0 Å². The number of carboxylic acid groups (broad SMARTS) is 1. The van der Waals surface area contributed by atoms with Crippen molar-refractivity contribution in [2.45, 2.75) is 70.8 Å². The maximum atomic E-state index is 15.5. The minimum atomic E-state index is -1.30. The number of methoxy groups -OCH3 is 1. The number of hydrogen-bond acceptors (Lipinski definition) is 5. The second kappa shape index (κ2) is 11.4. The van der Waals surface area contributed by atoms with E-state index in [-0.39, 0.29) is 17.0 Å². The SMILES string of the molecule is CCCCCCCCCN1CCN(c2c(F)cc3c(=O)c(C(=O)O)cn(C4CC4)c3c2OC)CC1. The predicted molar refractivity (Wildman–Crippen MR) is 137 cm³/mol. The van der Waals surface area contributed by atoms with Crippen LogP contribution in [0.5, 0.6) is 5.75 Å². The van der Waals surface area contributed by atoms with Crippen LogP contribution in [-0.2, 0) is 0 Å². The number of rotatable bonds is 12. The van der Waals surface area contributed by atoms with Gasteiger partial charge in [-0.15, -0.1) is 0 Å². The van der Waals surface area contributed by atoms with Crippen LogP contribution >= 0.6 is 0 Å². The molecule has 2 heterocycles. The molecule has 2 aliphatic rings. The molecule has 192 valence electrons. The largest absolute Gasteiger partial charge is 0.492 e. The zero-order valence-electron chi connectivity index (χ0n) is 21.0. The number of ether oxygens (including phenoxy) is 1. The number of piperazine rings is 1. The van der Waals surface area contributed by atoms with Gasteiger partial charge >= 0.3 is 5.97 Å². The topological polar surface area (TPSA) is 75.0 Å². The van der Waals surface area contributed by atoms with Gasteiger partial charge in [-0.2, -0.15) is 0 Å². The van der Waals surface area contributed by atoms with E-state index in [2.05, 4.69) is 11.8 Å². The molecule has 0 spiro atoms. The van der Waals surface area contributed by atoms with Crippen LogP contribution < -0.4 is 15.1 Å². The molecule has 0 amide bonds. The van der Waals surface area contributed by atoms with E-state index < -0.39 is 17.2 Å². The first-order valence-corrected chi connectivity index (χ1v) is 13.1. The highest BCUT2D eigenvalue weighted by Crippen LogP contribution is 2.43. The standard InChI is InChI=1S/C27H38FN3O4/c1-3-4-5-6-7-8-9-12-29-13-15-30(16-14-29)24-22(28)17-20-23(26(24)35-2)31(19-10-11-19)18-21(25(20)32)27(33)34/h17-19H,3-16H2,1-2H3,(H,33,34). The van der Waals surface area contributed by atoms with E-state index in [0.717, 1.165) is 32.5 Å². The first kappa shape index (κ1) is 25.5. The molecule has 2 aromatic rings. The van der Waals surface area contributed by atoms with Gasteiger partial charge in [-0.05, 0) is 31.9 Å². The van der Waals surface area contributed by atoms with E-state index in [1.807, 2.05) is 4.90 Å². The highest BCUT2D eigenvalue weighted by molar-refractivity contribution is 5.97. The number of benzene rings is 1. The minimum Gasteiger partial charge on any atom is -0.492 e. The summed E-state index contributed by atoms with van der Waals surface area (Å²) in [6.07, 6.45) is 12.2. The first-order valence-electron chi connectivity index (χ1n) is 13.1. The molecule has 1 aromatic carbocycles. The highest BCUT2D eigenvalue weighted by Gasteiger charge is 2.32. The van der Waals surface area contributed by atoms with Crippen molar-refractivity contribution in [2.24, 2.45) is 0 Å². The summed E-state index contributed by atoms with van der Waals surface area (Å²) in [6, 6.07) is 1.30. The summed E-state index contributed by atoms with van der Waals surface area (Å²) in [5.41, 5.74) is -0.149. The molecule has 1 saturated carbocycles. The van der Waals surface area contributed by atoms with Gasteiger partial charge in [0.25, 0.3) is 0 Å². The van der Waals surface area contributed by atoms with Crippen molar-refractivity contribution in [2.75, 3.05) is 44.7 Å². The Hall–Kier alpha value is -2.61. The van der Waals surface area contributed by atoms with Crippen LogP contribution in [0.1, 0.15) is 81.1 Å². The number of unbranched alkanes of at least 4 members (excludes halogenated alkanes) is 6.